The molecule has 1 aromatic carbocycles. The summed E-state index contributed by atoms with van der Waals surface area (Å²) in [7, 11) is 1.67. The minimum absolute atomic E-state index is 0.113. The van der Waals surface area contributed by atoms with Crippen molar-refractivity contribution in [2.45, 2.75) is 46.0 Å². The van der Waals surface area contributed by atoms with Gasteiger partial charge in [-0.05, 0) is 36.5 Å². The molecule has 0 atom stereocenters. The van der Waals surface area contributed by atoms with E-state index < -0.39 is 0 Å². The summed E-state index contributed by atoms with van der Waals surface area (Å²) in [4.78, 5) is 10.9. The maximum Gasteiger partial charge on any atom is 0.141 e. The van der Waals surface area contributed by atoms with Gasteiger partial charge in [0.1, 0.15) is 11.5 Å². The lowest BCUT2D eigenvalue weighted by molar-refractivity contribution is -0.117. The Kier molecular flexibility index (Phi) is 5.40. The normalized spacial score (nSPS) is 11.2. The van der Waals surface area contributed by atoms with Crippen LogP contribution < -0.4 is 10.1 Å². The first-order chi connectivity index (χ1) is 8.84. The van der Waals surface area contributed by atoms with Crippen molar-refractivity contribution < 1.29 is 9.53 Å². The van der Waals surface area contributed by atoms with Crippen LogP contribution in [0.4, 0.5) is 5.69 Å². The van der Waals surface area contributed by atoms with Crippen LogP contribution >= 0.6 is 0 Å². The number of benzene rings is 1. The fraction of sp³-hybridized carbons (Fsp3) is 0.562. The molecule has 0 heterocycles. The minimum Gasteiger partial charge on any atom is -0.495 e. The second-order valence-corrected chi connectivity index (χ2v) is 5.90. The summed E-state index contributed by atoms with van der Waals surface area (Å²) in [5.74, 6) is 1.08. The van der Waals surface area contributed by atoms with Crippen molar-refractivity contribution in [2.75, 3.05) is 19.0 Å². The third-order valence-electron chi connectivity index (χ3n) is 3.09. The summed E-state index contributed by atoms with van der Waals surface area (Å²) in [6.07, 6.45) is 1.46. The van der Waals surface area contributed by atoms with Gasteiger partial charge in [0.25, 0.3) is 0 Å². The summed E-state index contributed by atoms with van der Waals surface area (Å²) >= 11 is 0. The van der Waals surface area contributed by atoms with E-state index in [1.165, 1.54) is 5.56 Å². The van der Waals surface area contributed by atoms with Crippen LogP contribution in [0.15, 0.2) is 18.2 Å². The predicted octanol–water partition coefficient (Wildman–Crippen LogP) is 3.77. The van der Waals surface area contributed by atoms with Crippen molar-refractivity contribution in [3.63, 3.8) is 0 Å². The molecule has 0 amide bonds. The van der Waals surface area contributed by atoms with Gasteiger partial charge in [-0.3, -0.25) is 0 Å². The number of Topliss-reactive ketones (excluding diaryl/α,β-unsaturated/α-hetero) is 1. The highest BCUT2D eigenvalue weighted by molar-refractivity contribution is 5.75. The highest BCUT2D eigenvalue weighted by Gasteiger charge is 2.15. The summed E-state index contributed by atoms with van der Waals surface area (Å²) < 4.78 is 5.36. The van der Waals surface area contributed by atoms with E-state index in [1.807, 2.05) is 6.07 Å². The lowest BCUT2D eigenvalue weighted by atomic mass is 9.87. The quantitative estimate of drug-likeness (QED) is 0.794. The minimum atomic E-state index is 0.113. The van der Waals surface area contributed by atoms with Crippen molar-refractivity contribution in [1.82, 2.24) is 0 Å². The molecule has 0 aliphatic carbocycles. The number of nitrogens with one attached hydrogen (secondary N) is 1. The molecule has 0 bridgehead atoms. The molecule has 1 N–H and O–H groups in total. The molecule has 3 nitrogen and oxygen atoms in total. The smallest absolute Gasteiger partial charge is 0.141 e. The maximum absolute atomic E-state index is 10.9. The van der Waals surface area contributed by atoms with Crippen molar-refractivity contribution in [3.05, 3.63) is 23.8 Å². The molecule has 106 valence electrons. The monoisotopic (exact) mass is 263 g/mol. The molecule has 1 rings (SSSR count). The van der Waals surface area contributed by atoms with Gasteiger partial charge < -0.3 is 14.8 Å². The summed E-state index contributed by atoms with van der Waals surface area (Å²) in [6, 6.07) is 6.22. The molecule has 0 aliphatic rings. The van der Waals surface area contributed by atoms with E-state index in [1.54, 1.807) is 14.0 Å². The van der Waals surface area contributed by atoms with E-state index in [2.05, 4.69) is 38.2 Å². The van der Waals surface area contributed by atoms with Crippen LogP contribution in [0.1, 0.15) is 46.1 Å². The third kappa shape index (κ3) is 4.93. The second kappa shape index (κ2) is 6.60. The van der Waals surface area contributed by atoms with E-state index in [-0.39, 0.29) is 11.2 Å². The molecular formula is C16H25NO2. The number of rotatable bonds is 6. The zero-order valence-corrected chi connectivity index (χ0v) is 12.7. The molecule has 3 heteroatoms. The average molecular weight is 263 g/mol. The number of ketones is 1. The van der Waals surface area contributed by atoms with Crippen LogP contribution in [-0.4, -0.2) is 19.4 Å². The van der Waals surface area contributed by atoms with Crippen molar-refractivity contribution >= 4 is 11.5 Å². The predicted molar refractivity (Wildman–Crippen MR) is 80.1 cm³/mol. The zero-order valence-electron chi connectivity index (χ0n) is 12.7. The second-order valence-electron chi connectivity index (χ2n) is 5.90. The van der Waals surface area contributed by atoms with Gasteiger partial charge in [0.2, 0.25) is 0 Å². The SMILES string of the molecule is COc1ccc(C(C)(C)C)cc1NCCCC(C)=O. The first-order valence-electron chi connectivity index (χ1n) is 6.76. The highest BCUT2D eigenvalue weighted by atomic mass is 16.5. The lowest BCUT2D eigenvalue weighted by Gasteiger charge is -2.21. The number of hydrogen-bond donors (Lipinski definition) is 1. The van der Waals surface area contributed by atoms with Gasteiger partial charge in [0.05, 0.1) is 12.8 Å². The highest BCUT2D eigenvalue weighted by Crippen LogP contribution is 2.31. The van der Waals surface area contributed by atoms with Crippen LogP contribution in [0.2, 0.25) is 0 Å². The fourth-order valence-corrected chi connectivity index (χ4v) is 1.87. The number of ether oxygens (including phenoxy) is 1. The Morgan fingerprint density at radius 1 is 1.32 bits per heavy atom. The number of anilines is 1. The molecule has 0 unspecified atom stereocenters. The number of carbonyl (C=O) groups excluding carboxylic acids is 1. The van der Waals surface area contributed by atoms with Crippen LogP contribution in [-0.2, 0) is 10.2 Å². The Balaban J connectivity index is 2.76. The Bertz CT molecular complexity index is 433. The average Bonchev–Trinajstić information content (AvgIpc) is 2.33. The van der Waals surface area contributed by atoms with Gasteiger partial charge in [0.15, 0.2) is 0 Å². The van der Waals surface area contributed by atoms with Gasteiger partial charge in [0, 0.05) is 13.0 Å². The number of methoxy groups -OCH3 is 1. The van der Waals surface area contributed by atoms with Gasteiger partial charge in [-0.1, -0.05) is 26.8 Å². The molecule has 0 saturated carbocycles. The topological polar surface area (TPSA) is 38.3 Å². The number of carbonyl (C=O) groups is 1. The van der Waals surface area contributed by atoms with E-state index in [0.717, 1.165) is 24.4 Å². The van der Waals surface area contributed by atoms with Gasteiger partial charge in [-0.2, -0.15) is 0 Å². The van der Waals surface area contributed by atoms with E-state index in [9.17, 15) is 4.79 Å². The molecule has 1 aromatic rings. The van der Waals surface area contributed by atoms with Gasteiger partial charge in [-0.15, -0.1) is 0 Å². The Morgan fingerprint density at radius 2 is 2.00 bits per heavy atom. The summed E-state index contributed by atoms with van der Waals surface area (Å²) in [5, 5.41) is 3.35. The van der Waals surface area contributed by atoms with E-state index in [0.29, 0.717) is 6.42 Å². The van der Waals surface area contributed by atoms with Crippen LogP contribution in [0, 0.1) is 0 Å². The van der Waals surface area contributed by atoms with Gasteiger partial charge in [-0.25, -0.2) is 0 Å². The Morgan fingerprint density at radius 3 is 2.53 bits per heavy atom. The zero-order chi connectivity index (χ0) is 14.5. The fourth-order valence-electron chi connectivity index (χ4n) is 1.87. The van der Waals surface area contributed by atoms with Crippen molar-refractivity contribution in [3.8, 4) is 5.75 Å². The van der Waals surface area contributed by atoms with Crippen LogP contribution in [0.3, 0.4) is 0 Å². The molecule has 0 radical (unpaired) electrons. The first-order valence-corrected chi connectivity index (χ1v) is 6.76. The summed E-state index contributed by atoms with van der Waals surface area (Å²) in [5.41, 5.74) is 2.38. The largest absolute Gasteiger partial charge is 0.495 e. The standard InChI is InChI=1S/C16H25NO2/c1-12(18)7-6-10-17-14-11-13(16(2,3)4)8-9-15(14)19-5/h8-9,11,17H,6-7,10H2,1-5H3. The Hall–Kier alpha value is -1.51. The molecule has 19 heavy (non-hydrogen) atoms. The van der Waals surface area contributed by atoms with Gasteiger partial charge >= 0.3 is 0 Å². The van der Waals surface area contributed by atoms with Crippen molar-refractivity contribution in [1.29, 1.82) is 0 Å². The van der Waals surface area contributed by atoms with E-state index in [4.69, 9.17) is 4.74 Å². The van der Waals surface area contributed by atoms with Crippen LogP contribution in [0.5, 0.6) is 5.75 Å². The maximum atomic E-state index is 10.9. The summed E-state index contributed by atoms with van der Waals surface area (Å²) in [6.45, 7) is 8.97. The van der Waals surface area contributed by atoms with Crippen molar-refractivity contribution in [2.24, 2.45) is 0 Å². The van der Waals surface area contributed by atoms with Crippen LogP contribution in [0.25, 0.3) is 0 Å². The third-order valence-corrected chi connectivity index (χ3v) is 3.09. The number of hydrogen-bond acceptors (Lipinski definition) is 3. The molecule has 0 fully saturated rings. The Labute approximate surface area is 116 Å². The molecule has 0 spiro atoms. The lowest BCUT2D eigenvalue weighted by Crippen LogP contribution is -2.12. The van der Waals surface area contributed by atoms with E-state index >= 15 is 0 Å². The molecule has 0 aromatic heterocycles. The molecule has 0 saturated heterocycles. The molecular weight excluding hydrogens is 238 g/mol. The first kappa shape index (κ1) is 15.5. The molecule has 0 aliphatic heterocycles.